The van der Waals surface area contributed by atoms with Crippen LogP contribution in [0, 0.1) is 0 Å². The number of rotatable bonds is 4. The molecule has 1 aromatic rings. The topological polar surface area (TPSA) is 55.1 Å². The second-order valence-electron chi connectivity index (χ2n) is 4.36. The summed E-state index contributed by atoms with van der Waals surface area (Å²) in [5.74, 6) is -0.827. The van der Waals surface area contributed by atoms with Crippen LogP contribution in [0.1, 0.15) is 54.4 Å². The average Bonchev–Trinajstić information content (AvgIpc) is 2.64. The highest BCUT2D eigenvalue weighted by Crippen LogP contribution is 2.24. The third kappa shape index (κ3) is 1.96. The third-order valence-corrected chi connectivity index (χ3v) is 3.15. The van der Waals surface area contributed by atoms with Crippen molar-refractivity contribution < 1.29 is 9.90 Å². The van der Waals surface area contributed by atoms with E-state index in [0.717, 1.165) is 56.3 Å². The molecule has 88 valence electrons. The summed E-state index contributed by atoms with van der Waals surface area (Å²) in [5.41, 5.74) is 2.43. The Labute approximate surface area is 95.3 Å². The molecule has 0 aliphatic heterocycles. The predicted molar refractivity (Wildman–Crippen MR) is 60.7 cm³/mol. The Morgan fingerprint density at radius 1 is 1.44 bits per heavy atom. The Kier molecular flexibility index (Phi) is 3.27. The Morgan fingerprint density at radius 2 is 2.19 bits per heavy atom. The predicted octanol–water partition coefficient (Wildman–Crippen LogP) is 2.26. The Morgan fingerprint density at radius 3 is 2.88 bits per heavy atom. The van der Waals surface area contributed by atoms with Gasteiger partial charge in [0.1, 0.15) is 5.69 Å². The molecule has 4 heteroatoms. The van der Waals surface area contributed by atoms with Crippen molar-refractivity contribution in [2.45, 2.75) is 52.0 Å². The van der Waals surface area contributed by atoms with Gasteiger partial charge in [-0.2, -0.15) is 5.10 Å². The van der Waals surface area contributed by atoms with E-state index in [9.17, 15) is 9.90 Å². The van der Waals surface area contributed by atoms with Gasteiger partial charge in [0.2, 0.25) is 0 Å². The van der Waals surface area contributed by atoms with Crippen molar-refractivity contribution >= 4 is 5.97 Å². The van der Waals surface area contributed by atoms with Crippen molar-refractivity contribution in [1.82, 2.24) is 9.78 Å². The summed E-state index contributed by atoms with van der Waals surface area (Å²) in [6.45, 7) is 2.83. The number of carboxylic acid groups (broad SMARTS) is 1. The first-order valence-corrected chi connectivity index (χ1v) is 6.06. The zero-order valence-corrected chi connectivity index (χ0v) is 9.70. The molecule has 1 heterocycles. The van der Waals surface area contributed by atoms with Crippen LogP contribution < -0.4 is 0 Å². The van der Waals surface area contributed by atoms with E-state index >= 15 is 0 Å². The molecule has 0 fully saturated rings. The number of carboxylic acids is 1. The monoisotopic (exact) mass is 222 g/mol. The van der Waals surface area contributed by atoms with Gasteiger partial charge in [-0.15, -0.1) is 0 Å². The molecule has 0 saturated carbocycles. The number of aromatic nitrogens is 2. The fourth-order valence-electron chi connectivity index (χ4n) is 2.32. The van der Waals surface area contributed by atoms with Gasteiger partial charge in [-0.1, -0.05) is 13.3 Å². The first kappa shape index (κ1) is 11.2. The minimum absolute atomic E-state index is 0.433. The van der Waals surface area contributed by atoms with Gasteiger partial charge in [-0.3, -0.25) is 4.68 Å². The number of carbonyl (C=O) groups is 1. The van der Waals surface area contributed by atoms with E-state index in [0.29, 0.717) is 5.69 Å². The molecule has 1 aliphatic rings. The van der Waals surface area contributed by atoms with Crippen molar-refractivity contribution in [1.29, 1.82) is 0 Å². The average molecular weight is 222 g/mol. The van der Waals surface area contributed by atoms with E-state index < -0.39 is 5.97 Å². The standard InChI is InChI=1S/C12H18N2O2/c1-2-3-8-14-11(12(15)16)9-6-4-5-7-10(9)13-14/h2-8H2,1H3,(H,15,16). The van der Waals surface area contributed by atoms with Gasteiger partial charge < -0.3 is 5.11 Å². The lowest BCUT2D eigenvalue weighted by Crippen LogP contribution is -2.12. The maximum Gasteiger partial charge on any atom is 0.354 e. The molecule has 0 bridgehead atoms. The molecule has 2 rings (SSSR count). The number of unbranched alkanes of at least 4 members (excludes halogenated alkanes) is 1. The van der Waals surface area contributed by atoms with Gasteiger partial charge in [-0.05, 0) is 32.1 Å². The first-order chi connectivity index (χ1) is 7.74. The van der Waals surface area contributed by atoms with Crippen LogP contribution in [0.2, 0.25) is 0 Å². The van der Waals surface area contributed by atoms with Crippen molar-refractivity contribution in [3.8, 4) is 0 Å². The third-order valence-electron chi connectivity index (χ3n) is 3.15. The van der Waals surface area contributed by atoms with E-state index in [1.807, 2.05) is 0 Å². The summed E-state index contributed by atoms with van der Waals surface area (Å²) < 4.78 is 1.70. The summed E-state index contributed by atoms with van der Waals surface area (Å²) in [6, 6.07) is 0. The van der Waals surface area contributed by atoms with Crippen molar-refractivity contribution in [2.75, 3.05) is 0 Å². The molecule has 0 unspecified atom stereocenters. The Balaban J connectivity index is 2.35. The van der Waals surface area contributed by atoms with E-state index in [2.05, 4.69) is 12.0 Å². The van der Waals surface area contributed by atoms with Crippen molar-refractivity contribution in [3.63, 3.8) is 0 Å². The number of hydrogen-bond donors (Lipinski definition) is 1. The molecular weight excluding hydrogens is 204 g/mol. The lowest BCUT2D eigenvalue weighted by atomic mass is 9.96. The van der Waals surface area contributed by atoms with Crippen LogP contribution in [0.3, 0.4) is 0 Å². The zero-order valence-electron chi connectivity index (χ0n) is 9.70. The van der Waals surface area contributed by atoms with Crippen LogP contribution >= 0.6 is 0 Å². The highest BCUT2D eigenvalue weighted by Gasteiger charge is 2.24. The Hall–Kier alpha value is -1.32. The quantitative estimate of drug-likeness (QED) is 0.850. The number of aryl methyl sites for hydroxylation is 2. The molecule has 0 radical (unpaired) electrons. The van der Waals surface area contributed by atoms with Gasteiger partial charge in [0.15, 0.2) is 0 Å². The number of nitrogens with zero attached hydrogens (tertiary/aromatic N) is 2. The van der Waals surface area contributed by atoms with Crippen LogP contribution in [0.15, 0.2) is 0 Å². The van der Waals surface area contributed by atoms with E-state index in [-0.39, 0.29) is 0 Å². The van der Waals surface area contributed by atoms with Crippen molar-refractivity contribution in [3.05, 3.63) is 17.0 Å². The minimum atomic E-state index is -0.827. The summed E-state index contributed by atoms with van der Waals surface area (Å²) >= 11 is 0. The smallest absolute Gasteiger partial charge is 0.354 e. The van der Waals surface area contributed by atoms with Gasteiger partial charge >= 0.3 is 5.97 Å². The fraction of sp³-hybridized carbons (Fsp3) is 0.667. The van der Waals surface area contributed by atoms with Crippen LogP contribution in [0.4, 0.5) is 0 Å². The summed E-state index contributed by atoms with van der Waals surface area (Å²) in [5, 5.41) is 13.7. The SMILES string of the molecule is CCCCn1nc2c(c1C(=O)O)CCCC2. The highest BCUT2D eigenvalue weighted by molar-refractivity contribution is 5.87. The van der Waals surface area contributed by atoms with E-state index in [1.54, 1.807) is 4.68 Å². The molecule has 0 amide bonds. The fourth-order valence-corrected chi connectivity index (χ4v) is 2.32. The molecular formula is C12H18N2O2. The molecule has 0 atom stereocenters. The molecule has 1 aliphatic carbocycles. The number of hydrogen-bond acceptors (Lipinski definition) is 2. The van der Waals surface area contributed by atoms with Gasteiger partial charge in [0, 0.05) is 12.1 Å². The molecule has 4 nitrogen and oxygen atoms in total. The lowest BCUT2D eigenvalue weighted by molar-refractivity contribution is 0.0681. The molecule has 16 heavy (non-hydrogen) atoms. The Bertz CT molecular complexity index is 396. The normalized spacial score (nSPS) is 14.8. The molecule has 0 spiro atoms. The summed E-state index contributed by atoms with van der Waals surface area (Å²) in [4.78, 5) is 11.3. The van der Waals surface area contributed by atoms with Gasteiger partial charge in [0.25, 0.3) is 0 Å². The molecule has 0 aromatic carbocycles. The maximum absolute atomic E-state index is 11.3. The van der Waals surface area contributed by atoms with Crippen molar-refractivity contribution in [2.24, 2.45) is 0 Å². The summed E-state index contributed by atoms with van der Waals surface area (Å²) in [6.07, 6.45) is 6.09. The second kappa shape index (κ2) is 4.68. The zero-order chi connectivity index (χ0) is 11.5. The highest BCUT2D eigenvalue weighted by atomic mass is 16.4. The van der Waals surface area contributed by atoms with Gasteiger partial charge in [0.05, 0.1) is 5.69 Å². The molecule has 1 N–H and O–H groups in total. The van der Waals surface area contributed by atoms with E-state index in [4.69, 9.17) is 0 Å². The number of fused-ring (bicyclic) bond motifs is 1. The summed E-state index contributed by atoms with van der Waals surface area (Å²) in [7, 11) is 0. The largest absolute Gasteiger partial charge is 0.477 e. The van der Waals surface area contributed by atoms with Crippen LogP contribution in [-0.4, -0.2) is 20.9 Å². The minimum Gasteiger partial charge on any atom is -0.477 e. The number of aromatic carboxylic acids is 1. The maximum atomic E-state index is 11.3. The molecule has 0 saturated heterocycles. The van der Waals surface area contributed by atoms with Crippen LogP contribution in [-0.2, 0) is 19.4 Å². The lowest BCUT2D eigenvalue weighted by Gasteiger charge is -2.09. The second-order valence-corrected chi connectivity index (χ2v) is 4.36. The van der Waals surface area contributed by atoms with Crippen LogP contribution in [0.25, 0.3) is 0 Å². The first-order valence-electron chi connectivity index (χ1n) is 6.06. The van der Waals surface area contributed by atoms with Gasteiger partial charge in [-0.25, -0.2) is 4.79 Å². The van der Waals surface area contributed by atoms with Crippen LogP contribution in [0.5, 0.6) is 0 Å². The van der Waals surface area contributed by atoms with E-state index in [1.165, 1.54) is 0 Å². The molecule has 1 aromatic heterocycles.